The third kappa shape index (κ3) is 6.73. The molecule has 0 saturated heterocycles. The smallest absolute Gasteiger partial charge is 0.477 e. The number of carbonyl (C=O) groups is 1. The summed E-state index contributed by atoms with van der Waals surface area (Å²) < 4.78 is 32.9. The molecule has 0 atom stereocenters. The highest BCUT2D eigenvalue weighted by molar-refractivity contribution is 6.21. The van der Waals surface area contributed by atoms with Gasteiger partial charge in [-0.15, -0.1) is 13.2 Å². The van der Waals surface area contributed by atoms with E-state index in [1.165, 1.54) is 0 Å². The molecule has 0 unspecified atom stereocenters. The van der Waals surface area contributed by atoms with Gasteiger partial charge in [0.05, 0.1) is 0 Å². The zero-order valence-corrected chi connectivity index (χ0v) is 4.42. The van der Waals surface area contributed by atoms with Crippen LogP contribution < -0.4 is 0 Å². The Morgan fingerprint density at radius 3 is 2.40 bits per heavy atom. The van der Waals surface area contributed by atoms with Crippen LogP contribution in [0.15, 0.2) is 5.16 Å². The van der Waals surface area contributed by atoms with E-state index in [9.17, 15) is 18.0 Å². The number of nitrogens with zero attached hydrogens (tertiary/aromatic N) is 1. The van der Waals surface area contributed by atoms with Gasteiger partial charge < -0.3 is 5.11 Å². The zero-order chi connectivity index (χ0) is 8.20. The quantitative estimate of drug-likeness (QED) is 0.471. The van der Waals surface area contributed by atoms with Gasteiger partial charge in [0.2, 0.25) is 0 Å². The van der Waals surface area contributed by atoms with Crippen LogP contribution in [-0.4, -0.2) is 23.7 Å². The summed E-state index contributed by atoms with van der Waals surface area (Å²) >= 11 is 0. The summed E-state index contributed by atoms with van der Waals surface area (Å²) in [6, 6.07) is 0. The number of oxime groups is 1. The lowest BCUT2D eigenvalue weighted by Crippen LogP contribution is -2.09. The molecule has 58 valence electrons. The van der Waals surface area contributed by atoms with Crippen molar-refractivity contribution in [2.24, 2.45) is 5.16 Å². The molecule has 10 heavy (non-hydrogen) atoms. The topological polar surface area (TPSA) is 58.9 Å². The van der Waals surface area contributed by atoms with Crippen molar-refractivity contribution in [1.82, 2.24) is 0 Å². The van der Waals surface area contributed by atoms with Crippen molar-refractivity contribution >= 4 is 12.2 Å². The summed E-state index contributed by atoms with van der Waals surface area (Å²) in [5, 5.41) is 9.81. The van der Waals surface area contributed by atoms with Crippen molar-refractivity contribution in [3.63, 3.8) is 0 Å². The molecule has 0 aromatic carbocycles. The van der Waals surface area contributed by atoms with E-state index in [1.807, 2.05) is 0 Å². The molecule has 0 aliphatic rings. The van der Waals surface area contributed by atoms with Crippen molar-refractivity contribution < 1.29 is 27.9 Å². The monoisotopic (exact) mass is 157 g/mol. The molecule has 0 aromatic heterocycles. The maximum atomic E-state index is 11.0. The largest absolute Gasteiger partial charge is 0.593 e. The van der Waals surface area contributed by atoms with Gasteiger partial charge in [0, 0.05) is 0 Å². The minimum Gasteiger partial charge on any atom is -0.477 e. The van der Waals surface area contributed by atoms with Crippen LogP contribution >= 0.6 is 0 Å². The van der Waals surface area contributed by atoms with Crippen LogP contribution in [0.3, 0.4) is 0 Å². The molecule has 1 N–H and O–H groups in total. The highest BCUT2D eigenvalue weighted by Gasteiger charge is 2.30. The van der Waals surface area contributed by atoms with Crippen molar-refractivity contribution in [3.8, 4) is 0 Å². The fourth-order valence-corrected chi connectivity index (χ4v) is 0.131. The number of aliphatic carboxylic acids is 1. The molecule has 0 aliphatic carbocycles. The maximum absolute atomic E-state index is 11.0. The average Bonchev–Trinajstić information content (AvgIpc) is 1.59. The Hall–Kier alpha value is -1.27. The summed E-state index contributed by atoms with van der Waals surface area (Å²) in [4.78, 5) is 12.2. The van der Waals surface area contributed by atoms with Gasteiger partial charge in [0.1, 0.15) is 0 Å². The highest BCUT2D eigenvalue weighted by atomic mass is 19.4. The lowest BCUT2D eigenvalue weighted by atomic mass is 10.8. The number of hydrogen-bond donors (Lipinski definition) is 1. The van der Waals surface area contributed by atoms with Crippen molar-refractivity contribution in [2.45, 2.75) is 6.36 Å². The number of carboxylic acid groups (broad SMARTS) is 1. The van der Waals surface area contributed by atoms with Crippen LogP contribution in [0.5, 0.6) is 0 Å². The lowest BCUT2D eigenvalue weighted by Gasteiger charge is -1.98. The van der Waals surface area contributed by atoms with Crippen LogP contribution in [-0.2, 0) is 9.63 Å². The molecule has 0 bridgehead atoms. The first-order valence-corrected chi connectivity index (χ1v) is 1.93. The van der Waals surface area contributed by atoms with Gasteiger partial charge >= 0.3 is 12.3 Å². The van der Waals surface area contributed by atoms with E-state index in [-0.39, 0.29) is 6.21 Å². The van der Waals surface area contributed by atoms with Crippen molar-refractivity contribution in [1.29, 1.82) is 0 Å². The Bertz CT molecular complexity index is 152. The molecule has 0 heterocycles. The van der Waals surface area contributed by atoms with Gasteiger partial charge in [-0.25, -0.2) is 4.79 Å². The van der Waals surface area contributed by atoms with Gasteiger partial charge in [-0.05, 0) is 0 Å². The van der Waals surface area contributed by atoms with Crippen LogP contribution in [0.2, 0.25) is 0 Å². The second-order valence-electron chi connectivity index (χ2n) is 1.11. The van der Waals surface area contributed by atoms with Crippen LogP contribution in [0.25, 0.3) is 0 Å². The summed E-state index contributed by atoms with van der Waals surface area (Å²) in [7, 11) is 0. The fourth-order valence-electron chi connectivity index (χ4n) is 0.131. The van der Waals surface area contributed by atoms with E-state index in [0.717, 1.165) is 0 Å². The van der Waals surface area contributed by atoms with Crippen LogP contribution in [0, 0.1) is 0 Å². The van der Waals surface area contributed by atoms with E-state index in [4.69, 9.17) is 5.11 Å². The number of rotatable bonds is 2. The lowest BCUT2D eigenvalue weighted by molar-refractivity contribution is -0.325. The Balaban J connectivity index is 3.64. The summed E-state index contributed by atoms with van der Waals surface area (Å²) in [6.45, 7) is 0. The van der Waals surface area contributed by atoms with E-state index in [1.54, 1.807) is 0 Å². The third-order valence-electron chi connectivity index (χ3n) is 0.319. The normalized spacial score (nSPS) is 11.9. The molecular weight excluding hydrogens is 155 g/mol. The molecule has 0 saturated carbocycles. The van der Waals surface area contributed by atoms with E-state index < -0.39 is 12.3 Å². The second-order valence-corrected chi connectivity index (χ2v) is 1.11. The molecular formula is C3H2F3NO3. The fraction of sp³-hybridized carbons (Fsp3) is 0.333. The minimum absolute atomic E-state index is 0.00646. The average molecular weight is 157 g/mol. The number of hydrogen-bond acceptors (Lipinski definition) is 3. The number of alkyl halides is 3. The third-order valence-corrected chi connectivity index (χ3v) is 0.319. The van der Waals surface area contributed by atoms with Gasteiger partial charge in [-0.2, -0.15) is 0 Å². The molecule has 0 aromatic rings. The zero-order valence-electron chi connectivity index (χ0n) is 4.42. The van der Waals surface area contributed by atoms with Gasteiger partial charge in [-0.3, -0.25) is 4.84 Å². The van der Waals surface area contributed by atoms with Crippen LogP contribution in [0.4, 0.5) is 13.2 Å². The second kappa shape index (κ2) is 3.04. The first-order chi connectivity index (χ1) is 4.42. The number of carboxylic acids is 1. The first-order valence-electron chi connectivity index (χ1n) is 1.93. The van der Waals surface area contributed by atoms with Gasteiger partial charge in [-0.1, -0.05) is 5.16 Å². The SMILES string of the molecule is O=C(O)C=NOC(F)(F)F. The molecule has 0 aliphatic heterocycles. The highest BCUT2D eigenvalue weighted by Crippen LogP contribution is 2.15. The predicted octanol–water partition coefficient (Wildman–Crippen LogP) is 0.593. The first kappa shape index (κ1) is 8.73. The Morgan fingerprint density at radius 2 is 2.10 bits per heavy atom. The van der Waals surface area contributed by atoms with E-state index in [2.05, 4.69) is 9.99 Å². The molecule has 0 rings (SSSR count). The molecule has 0 amide bonds. The summed E-state index contributed by atoms with van der Waals surface area (Å²) in [5.41, 5.74) is 0. The Morgan fingerprint density at radius 1 is 1.60 bits per heavy atom. The molecule has 4 nitrogen and oxygen atoms in total. The molecule has 7 heteroatoms. The van der Waals surface area contributed by atoms with Crippen LogP contribution in [0.1, 0.15) is 0 Å². The van der Waals surface area contributed by atoms with Crippen molar-refractivity contribution in [2.75, 3.05) is 0 Å². The summed E-state index contributed by atoms with van der Waals surface area (Å²) in [6.07, 6.45) is -4.93. The summed E-state index contributed by atoms with van der Waals surface area (Å²) in [5.74, 6) is -1.61. The van der Waals surface area contributed by atoms with E-state index in [0.29, 0.717) is 0 Å². The maximum Gasteiger partial charge on any atom is 0.593 e. The van der Waals surface area contributed by atoms with Gasteiger partial charge in [0.15, 0.2) is 6.21 Å². The van der Waals surface area contributed by atoms with Crippen molar-refractivity contribution in [3.05, 3.63) is 0 Å². The molecule has 0 spiro atoms. The standard InChI is InChI=1S/C3H2F3NO3/c4-3(5,6)10-7-1-2(8)9/h1H,(H,8,9). The molecule has 0 radical (unpaired) electrons. The number of halogens is 3. The minimum atomic E-state index is -4.92. The predicted molar refractivity (Wildman–Crippen MR) is 23.3 cm³/mol. The Labute approximate surface area is 52.9 Å². The Kier molecular flexibility index (Phi) is 2.65. The molecule has 0 fully saturated rings. The van der Waals surface area contributed by atoms with Gasteiger partial charge in [0.25, 0.3) is 0 Å². The van der Waals surface area contributed by atoms with E-state index >= 15 is 0 Å².